The fourth-order valence-electron chi connectivity index (χ4n) is 2.30. The molecule has 0 spiro atoms. The van der Waals surface area contributed by atoms with Crippen LogP contribution >= 0.6 is 0 Å². The Balaban J connectivity index is 2.35. The molecule has 1 aliphatic rings. The largest absolute Gasteiger partial charge is 0.389 e. The first kappa shape index (κ1) is 13.9. The lowest BCUT2D eigenvalue weighted by Gasteiger charge is -2.30. The van der Waals surface area contributed by atoms with Gasteiger partial charge in [-0.25, -0.2) is 0 Å². The van der Waals surface area contributed by atoms with Crippen molar-refractivity contribution in [2.24, 2.45) is 5.73 Å². The van der Waals surface area contributed by atoms with Crippen LogP contribution < -0.4 is 5.73 Å². The van der Waals surface area contributed by atoms with Gasteiger partial charge in [0.25, 0.3) is 0 Å². The third kappa shape index (κ3) is 4.37. The number of rotatable bonds is 6. The van der Waals surface area contributed by atoms with Gasteiger partial charge in [0.2, 0.25) is 0 Å². The zero-order valence-corrected chi connectivity index (χ0v) is 10.9. The van der Waals surface area contributed by atoms with E-state index in [1.807, 2.05) is 6.92 Å². The molecule has 1 heterocycles. The molecule has 3 N–H and O–H groups in total. The Labute approximate surface area is 99.4 Å². The Hall–Kier alpha value is -0.160. The van der Waals surface area contributed by atoms with E-state index in [2.05, 4.69) is 23.9 Å². The summed E-state index contributed by atoms with van der Waals surface area (Å²) in [5, 5.41) is 9.89. The van der Waals surface area contributed by atoms with Crippen LogP contribution in [-0.4, -0.2) is 66.8 Å². The molecule has 2 unspecified atom stereocenters. The maximum Gasteiger partial charge on any atom is 0.0753 e. The summed E-state index contributed by atoms with van der Waals surface area (Å²) in [5.41, 5.74) is 4.83. The molecule has 4 heteroatoms. The number of hydrogen-bond acceptors (Lipinski definition) is 4. The third-order valence-corrected chi connectivity index (χ3v) is 3.45. The van der Waals surface area contributed by atoms with Gasteiger partial charge in [-0.1, -0.05) is 0 Å². The second kappa shape index (κ2) is 5.96. The van der Waals surface area contributed by atoms with Crippen LogP contribution in [0.4, 0.5) is 0 Å². The van der Waals surface area contributed by atoms with Gasteiger partial charge < -0.3 is 15.7 Å². The van der Waals surface area contributed by atoms with Gasteiger partial charge in [-0.2, -0.15) is 0 Å². The molecule has 16 heavy (non-hydrogen) atoms. The van der Waals surface area contributed by atoms with Gasteiger partial charge in [0.05, 0.1) is 5.60 Å². The SMILES string of the molecule is CN(C)CC1CCCN1CCC(C)(O)CN. The lowest BCUT2D eigenvalue weighted by atomic mass is 10.0. The second-order valence-corrected chi connectivity index (χ2v) is 5.55. The van der Waals surface area contributed by atoms with E-state index < -0.39 is 5.60 Å². The van der Waals surface area contributed by atoms with E-state index in [4.69, 9.17) is 5.73 Å². The van der Waals surface area contributed by atoms with Crippen LogP contribution in [0.2, 0.25) is 0 Å². The highest BCUT2D eigenvalue weighted by Crippen LogP contribution is 2.19. The van der Waals surface area contributed by atoms with Crippen molar-refractivity contribution < 1.29 is 5.11 Å². The number of nitrogens with two attached hydrogens (primary N) is 1. The Morgan fingerprint density at radius 2 is 2.19 bits per heavy atom. The fourth-order valence-corrected chi connectivity index (χ4v) is 2.30. The van der Waals surface area contributed by atoms with Crippen LogP contribution in [0.1, 0.15) is 26.2 Å². The molecule has 1 aliphatic heterocycles. The van der Waals surface area contributed by atoms with E-state index in [1.165, 1.54) is 19.4 Å². The van der Waals surface area contributed by atoms with Gasteiger partial charge >= 0.3 is 0 Å². The average molecular weight is 229 g/mol. The van der Waals surface area contributed by atoms with Crippen molar-refractivity contribution in [3.05, 3.63) is 0 Å². The first-order chi connectivity index (χ1) is 7.44. The summed E-state index contributed by atoms with van der Waals surface area (Å²) in [6, 6.07) is 0.656. The summed E-state index contributed by atoms with van der Waals surface area (Å²) in [5.74, 6) is 0. The maximum atomic E-state index is 9.89. The van der Waals surface area contributed by atoms with E-state index in [0.29, 0.717) is 12.6 Å². The lowest BCUT2D eigenvalue weighted by Crippen LogP contribution is -2.42. The van der Waals surface area contributed by atoms with E-state index in [1.54, 1.807) is 0 Å². The monoisotopic (exact) mass is 229 g/mol. The smallest absolute Gasteiger partial charge is 0.0753 e. The van der Waals surface area contributed by atoms with Crippen molar-refractivity contribution in [2.75, 3.05) is 40.3 Å². The normalized spacial score (nSPS) is 26.2. The highest BCUT2D eigenvalue weighted by Gasteiger charge is 2.27. The number of hydrogen-bond donors (Lipinski definition) is 2. The summed E-state index contributed by atoms with van der Waals surface area (Å²) in [7, 11) is 4.24. The molecule has 4 nitrogen and oxygen atoms in total. The minimum atomic E-state index is -0.703. The number of aliphatic hydroxyl groups is 1. The maximum absolute atomic E-state index is 9.89. The molecule has 1 rings (SSSR count). The second-order valence-electron chi connectivity index (χ2n) is 5.55. The van der Waals surface area contributed by atoms with Gasteiger partial charge in [-0.15, -0.1) is 0 Å². The van der Waals surface area contributed by atoms with Crippen molar-refractivity contribution in [1.29, 1.82) is 0 Å². The molecular weight excluding hydrogens is 202 g/mol. The molecule has 0 aromatic heterocycles. The van der Waals surface area contributed by atoms with Crippen molar-refractivity contribution in [3.63, 3.8) is 0 Å². The third-order valence-electron chi connectivity index (χ3n) is 3.45. The fraction of sp³-hybridized carbons (Fsp3) is 1.00. The molecule has 0 amide bonds. The van der Waals surface area contributed by atoms with E-state index >= 15 is 0 Å². The number of likely N-dealkylation sites (N-methyl/N-ethyl adjacent to an activating group) is 1. The predicted octanol–water partition coefficient (Wildman–Crippen LogP) is 0.112. The summed E-state index contributed by atoms with van der Waals surface area (Å²) >= 11 is 0. The summed E-state index contributed by atoms with van der Waals surface area (Å²) in [6.45, 7) is 5.41. The summed E-state index contributed by atoms with van der Waals surface area (Å²) in [6.07, 6.45) is 3.33. The number of nitrogens with zero attached hydrogens (tertiary/aromatic N) is 2. The average Bonchev–Trinajstić information content (AvgIpc) is 2.62. The molecule has 0 radical (unpaired) electrons. The van der Waals surface area contributed by atoms with E-state index in [0.717, 1.165) is 19.5 Å². The first-order valence-corrected chi connectivity index (χ1v) is 6.26. The van der Waals surface area contributed by atoms with Gasteiger partial charge in [0.1, 0.15) is 0 Å². The van der Waals surface area contributed by atoms with Gasteiger partial charge in [-0.3, -0.25) is 4.90 Å². The molecule has 96 valence electrons. The van der Waals surface area contributed by atoms with E-state index in [-0.39, 0.29) is 0 Å². The quantitative estimate of drug-likeness (QED) is 0.679. The minimum Gasteiger partial charge on any atom is -0.389 e. The Morgan fingerprint density at radius 1 is 1.50 bits per heavy atom. The molecule has 0 aliphatic carbocycles. The van der Waals surface area contributed by atoms with Crippen LogP contribution in [0.25, 0.3) is 0 Å². The lowest BCUT2D eigenvalue weighted by molar-refractivity contribution is 0.0447. The van der Waals surface area contributed by atoms with Crippen molar-refractivity contribution in [2.45, 2.75) is 37.8 Å². The minimum absolute atomic E-state index is 0.346. The molecule has 0 bridgehead atoms. The van der Waals surface area contributed by atoms with Crippen LogP contribution in [0.15, 0.2) is 0 Å². The molecule has 0 saturated carbocycles. The number of likely N-dealkylation sites (tertiary alicyclic amines) is 1. The molecule has 0 aromatic rings. The Kier molecular flexibility index (Phi) is 5.18. The van der Waals surface area contributed by atoms with Crippen molar-refractivity contribution in [3.8, 4) is 0 Å². The molecule has 2 atom stereocenters. The van der Waals surface area contributed by atoms with Crippen molar-refractivity contribution in [1.82, 2.24) is 9.80 Å². The topological polar surface area (TPSA) is 52.7 Å². The van der Waals surface area contributed by atoms with Gasteiger partial charge in [-0.05, 0) is 46.8 Å². The standard InChI is InChI=1S/C12H27N3O/c1-12(16,10-13)6-8-15-7-4-5-11(15)9-14(2)3/h11,16H,4-10,13H2,1-3H3. The van der Waals surface area contributed by atoms with Crippen LogP contribution in [0, 0.1) is 0 Å². The highest BCUT2D eigenvalue weighted by atomic mass is 16.3. The zero-order valence-electron chi connectivity index (χ0n) is 10.9. The highest BCUT2D eigenvalue weighted by molar-refractivity contribution is 4.83. The molecule has 1 saturated heterocycles. The van der Waals surface area contributed by atoms with E-state index in [9.17, 15) is 5.11 Å². The van der Waals surface area contributed by atoms with Crippen LogP contribution in [0.5, 0.6) is 0 Å². The molecular formula is C12H27N3O. The van der Waals surface area contributed by atoms with Gasteiger partial charge in [0.15, 0.2) is 0 Å². The van der Waals surface area contributed by atoms with Crippen LogP contribution in [0.3, 0.4) is 0 Å². The van der Waals surface area contributed by atoms with Crippen LogP contribution in [-0.2, 0) is 0 Å². The zero-order chi connectivity index (χ0) is 12.2. The Morgan fingerprint density at radius 3 is 2.75 bits per heavy atom. The molecule has 1 fully saturated rings. The first-order valence-electron chi connectivity index (χ1n) is 6.26. The Bertz CT molecular complexity index is 206. The van der Waals surface area contributed by atoms with Gasteiger partial charge in [0, 0.05) is 25.7 Å². The summed E-state index contributed by atoms with van der Waals surface area (Å²) in [4.78, 5) is 4.73. The summed E-state index contributed by atoms with van der Waals surface area (Å²) < 4.78 is 0. The molecule has 0 aromatic carbocycles. The van der Waals surface area contributed by atoms with Crippen molar-refractivity contribution >= 4 is 0 Å². The predicted molar refractivity (Wildman–Crippen MR) is 67.4 cm³/mol.